The number of rotatable bonds is 13. The summed E-state index contributed by atoms with van der Waals surface area (Å²) in [5.74, 6) is 0.989. The topological polar surface area (TPSA) is 63.2 Å². The van der Waals surface area contributed by atoms with Gasteiger partial charge in [-0.15, -0.1) is 19.7 Å². The fourth-order valence-corrected chi connectivity index (χ4v) is 3.32. The van der Waals surface area contributed by atoms with Gasteiger partial charge in [-0.25, -0.2) is 0 Å². The standard InChI is InChI=1S/C24H37N3O3.C2H6.C2H4/c1-7-11-13-20(12-8-2)19(5)30-23(10-4)24(28)27-15-14-26-16-21(27)18-29-22(9-3)17-25-6;2*1-2/h7-10,12,17,19-21,26H,1,3,6,11,13-16,18H2,2,4-5H3;1-2H3;1-2H2/b12-8-,22-17+,23-10-;;. The third-order valence-electron chi connectivity index (χ3n) is 5.01. The van der Waals surface area contributed by atoms with Crippen LogP contribution in [0, 0.1) is 5.92 Å². The van der Waals surface area contributed by atoms with E-state index in [9.17, 15) is 4.79 Å². The average Bonchev–Trinajstić information content (AvgIpc) is 2.89. The van der Waals surface area contributed by atoms with Crippen LogP contribution in [0.15, 0.2) is 79.4 Å². The minimum absolute atomic E-state index is 0.117. The first-order chi connectivity index (χ1) is 16.5. The highest BCUT2D eigenvalue weighted by Gasteiger charge is 2.31. The minimum atomic E-state index is -0.125. The van der Waals surface area contributed by atoms with Crippen molar-refractivity contribution in [2.75, 3.05) is 26.2 Å². The Hall–Kier alpha value is -2.86. The molecular weight excluding hydrogens is 426 g/mol. The molecule has 1 rings (SSSR count). The van der Waals surface area contributed by atoms with Crippen molar-refractivity contribution in [1.29, 1.82) is 0 Å². The molecule has 6 nitrogen and oxygen atoms in total. The predicted octanol–water partition coefficient (Wildman–Crippen LogP) is 5.83. The molecule has 1 saturated heterocycles. The number of nitrogens with one attached hydrogen (secondary N) is 1. The first-order valence-corrected chi connectivity index (χ1v) is 12.0. The summed E-state index contributed by atoms with van der Waals surface area (Å²) in [6.45, 7) is 29.1. The third kappa shape index (κ3) is 12.4. The van der Waals surface area contributed by atoms with Crippen LogP contribution in [0.25, 0.3) is 0 Å². The van der Waals surface area contributed by atoms with E-state index in [4.69, 9.17) is 9.47 Å². The Morgan fingerprint density at radius 2 is 1.94 bits per heavy atom. The molecule has 1 aliphatic rings. The van der Waals surface area contributed by atoms with Crippen LogP contribution in [0.2, 0.25) is 0 Å². The van der Waals surface area contributed by atoms with Crippen molar-refractivity contribution in [3.8, 4) is 0 Å². The zero-order valence-corrected chi connectivity index (χ0v) is 22.1. The van der Waals surface area contributed by atoms with Crippen molar-refractivity contribution >= 4 is 12.6 Å². The monoisotopic (exact) mass is 473 g/mol. The molecule has 0 aromatic heterocycles. The second-order valence-electron chi connectivity index (χ2n) is 7.12. The maximum atomic E-state index is 13.3. The first kappa shape index (κ1) is 33.3. The van der Waals surface area contributed by atoms with Crippen molar-refractivity contribution in [3.05, 3.63) is 74.4 Å². The maximum absolute atomic E-state index is 13.3. The van der Waals surface area contributed by atoms with Gasteiger partial charge in [0.2, 0.25) is 0 Å². The molecule has 1 fully saturated rings. The van der Waals surface area contributed by atoms with Gasteiger partial charge in [0.05, 0.1) is 12.2 Å². The average molecular weight is 474 g/mol. The van der Waals surface area contributed by atoms with Gasteiger partial charge >= 0.3 is 0 Å². The molecule has 0 bridgehead atoms. The summed E-state index contributed by atoms with van der Waals surface area (Å²) < 4.78 is 11.9. The van der Waals surface area contributed by atoms with Crippen molar-refractivity contribution in [2.24, 2.45) is 10.9 Å². The van der Waals surface area contributed by atoms with Gasteiger partial charge in [-0.3, -0.25) is 9.79 Å². The summed E-state index contributed by atoms with van der Waals surface area (Å²) >= 11 is 0. The Kier molecular flexibility index (Phi) is 21.5. The lowest BCUT2D eigenvalue weighted by molar-refractivity contribution is -0.136. The predicted molar refractivity (Wildman–Crippen MR) is 147 cm³/mol. The lowest BCUT2D eigenvalue weighted by Gasteiger charge is -2.37. The Morgan fingerprint density at radius 3 is 2.47 bits per heavy atom. The molecule has 0 spiro atoms. The Balaban J connectivity index is 0. The Bertz CT molecular complexity index is 682. The molecule has 34 heavy (non-hydrogen) atoms. The van der Waals surface area contributed by atoms with E-state index >= 15 is 0 Å². The number of carbonyl (C=O) groups is 1. The molecule has 0 aromatic rings. The van der Waals surface area contributed by atoms with E-state index in [0.29, 0.717) is 31.2 Å². The summed E-state index contributed by atoms with van der Waals surface area (Å²) in [6.07, 6.45) is 12.6. The summed E-state index contributed by atoms with van der Waals surface area (Å²) in [5, 5.41) is 3.32. The molecule has 0 saturated carbocycles. The van der Waals surface area contributed by atoms with Crippen molar-refractivity contribution in [3.63, 3.8) is 0 Å². The van der Waals surface area contributed by atoms with Crippen LogP contribution in [0.5, 0.6) is 0 Å². The molecular formula is C28H47N3O3. The highest BCUT2D eigenvalue weighted by atomic mass is 16.5. The zero-order chi connectivity index (χ0) is 26.4. The van der Waals surface area contributed by atoms with Gasteiger partial charge in [0, 0.05) is 25.6 Å². The number of carbonyl (C=O) groups excluding carboxylic acids is 1. The van der Waals surface area contributed by atoms with Crippen LogP contribution in [-0.4, -0.2) is 55.9 Å². The van der Waals surface area contributed by atoms with Crippen LogP contribution < -0.4 is 5.32 Å². The molecule has 3 unspecified atom stereocenters. The number of nitrogens with zero attached hydrogens (tertiary/aromatic N) is 2. The molecule has 6 heteroatoms. The summed E-state index contributed by atoms with van der Waals surface area (Å²) in [5.41, 5.74) is 0. The molecule has 1 heterocycles. The van der Waals surface area contributed by atoms with Gasteiger partial charge in [0.1, 0.15) is 18.5 Å². The number of hydrogen-bond donors (Lipinski definition) is 1. The quantitative estimate of drug-likeness (QED) is 0.120. The van der Waals surface area contributed by atoms with Gasteiger partial charge in [-0.05, 0) is 52.5 Å². The normalized spacial score (nSPS) is 17.8. The highest BCUT2D eigenvalue weighted by Crippen LogP contribution is 2.21. The maximum Gasteiger partial charge on any atom is 0.289 e. The number of allylic oxidation sites excluding steroid dienone is 4. The molecule has 0 aliphatic carbocycles. The molecule has 1 amide bonds. The highest BCUT2D eigenvalue weighted by molar-refractivity contribution is 5.91. The largest absolute Gasteiger partial charge is 0.490 e. The van der Waals surface area contributed by atoms with E-state index in [2.05, 4.69) is 49.4 Å². The van der Waals surface area contributed by atoms with E-state index < -0.39 is 0 Å². The summed E-state index contributed by atoms with van der Waals surface area (Å²) in [7, 11) is 0. The molecule has 1 aliphatic heterocycles. The van der Waals surface area contributed by atoms with Gasteiger partial charge < -0.3 is 19.7 Å². The summed E-state index contributed by atoms with van der Waals surface area (Å²) in [4.78, 5) is 18.8. The van der Waals surface area contributed by atoms with E-state index in [1.165, 1.54) is 6.20 Å². The molecule has 1 N–H and O–H groups in total. The minimum Gasteiger partial charge on any atom is -0.490 e. The van der Waals surface area contributed by atoms with Crippen molar-refractivity contribution < 1.29 is 14.3 Å². The van der Waals surface area contributed by atoms with Gasteiger partial charge in [-0.2, -0.15) is 0 Å². The van der Waals surface area contributed by atoms with Gasteiger partial charge in [0.15, 0.2) is 5.76 Å². The first-order valence-electron chi connectivity index (χ1n) is 12.0. The second kappa shape index (κ2) is 22.0. The van der Waals surface area contributed by atoms with E-state index in [-0.39, 0.29) is 24.0 Å². The van der Waals surface area contributed by atoms with Crippen LogP contribution in [0.4, 0.5) is 0 Å². The fourth-order valence-electron chi connectivity index (χ4n) is 3.32. The number of amides is 1. The number of hydrogen-bond acceptors (Lipinski definition) is 5. The number of ether oxygens (including phenoxy) is 2. The second-order valence-corrected chi connectivity index (χ2v) is 7.12. The van der Waals surface area contributed by atoms with Crippen LogP contribution >= 0.6 is 0 Å². The fraction of sp³-hybridized carbons (Fsp3) is 0.500. The zero-order valence-electron chi connectivity index (χ0n) is 22.1. The SMILES string of the molecule is C=C.C=CCCC(/C=C\C)C(C)O/C(=C\C)C(=O)N1CCNCC1CO/C(C=C)=C/N=C.CC. The van der Waals surface area contributed by atoms with Crippen LogP contribution in [0.1, 0.15) is 47.5 Å². The van der Waals surface area contributed by atoms with Crippen molar-refractivity contribution in [2.45, 2.75) is 59.6 Å². The lowest BCUT2D eigenvalue weighted by atomic mass is 9.97. The smallest absolute Gasteiger partial charge is 0.289 e. The molecule has 3 atom stereocenters. The number of piperazine rings is 1. The number of aliphatic imine (C=N–C) groups is 1. The van der Waals surface area contributed by atoms with E-state index in [0.717, 1.165) is 19.4 Å². The van der Waals surface area contributed by atoms with Gasteiger partial charge in [0.25, 0.3) is 5.91 Å². The molecule has 0 aromatic carbocycles. The van der Waals surface area contributed by atoms with Gasteiger partial charge in [-0.1, -0.05) is 38.7 Å². The Labute approximate surface area is 208 Å². The summed E-state index contributed by atoms with van der Waals surface area (Å²) in [6, 6.07) is -0.125. The lowest BCUT2D eigenvalue weighted by Crippen LogP contribution is -2.56. The Morgan fingerprint density at radius 1 is 1.26 bits per heavy atom. The molecule has 0 radical (unpaired) electrons. The van der Waals surface area contributed by atoms with Crippen LogP contribution in [-0.2, 0) is 14.3 Å². The van der Waals surface area contributed by atoms with Crippen LogP contribution in [0.3, 0.4) is 0 Å². The van der Waals surface area contributed by atoms with E-state index in [1.807, 2.05) is 51.7 Å². The molecule has 192 valence electrons. The van der Waals surface area contributed by atoms with Crippen molar-refractivity contribution in [1.82, 2.24) is 10.2 Å². The van der Waals surface area contributed by atoms with E-state index in [1.54, 1.807) is 12.2 Å². The third-order valence-corrected chi connectivity index (χ3v) is 5.01.